The third-order valence-electron chi connectivity index (χ3n) is 3.50. The van der Waals surface area contributed by atoms with Crippen LogP contribution in [0.3, 0.4) is 0 Å². The van der Waals surface area contributed by atoms with Gasteiger partial charge < -0.3 is 14.7 Å². The number of hydrogen-bond acceptors (Lipinski definition) is 3. The molecule has 130 valence electrons. The van der Waals surface area contributed by atoms with Crippen molar-refractivity contribution in [1.29, 1.82) is 0 Å². The number of aliphatic hydroxyl groups excluding tert-OH is 1. The van der Waals surface area contributed by atoms with Gasteiger partial charge in [-0.05, 0) is 45.6 Å². The van der Waals surface area contributed by atoms with E-state index in [1.165, 1.54) is 5.56 Å². The molecule has 1 N–H and O–H groups in total. The van der Waals surface area contributed by atoms with E-state index in [-0.39, 0.29) is 12.7 Å². The molecule has 0 bridgehead atoms. The van der Waals surface area contributed by atoms with Crippen molar-refractivity contribution in [2.75, 3.05) is 19.7 Å². The second-order valence-corrected chi connectivity index (χ2v) is 6.84. The van der Waals surface area contributed by atoms with Crippen LogP contribution in [0.15, 0.2) is 30.3 Å². The minimum absolute atomic E-state index is 0.240. The molecule has 23 heavy (non-hydrogen) atoms. The van der Waals surface area contributed by atoms with Gasteiger partial charge in [0.1, 0.15) is 5.60 Å². The molecule has 0 radical (unpaired) electrons. The summed E-state index contributed by atoms with van der Waals surface area (Å²) in [7, 11) is 0. The molecular weight excluding hydrogens is 290 g/mol. The van der Waals surface area contributed by atoms with Crippen molar-refractivity contribution in [1.82, 2.24) is 4.90 Å². The zero-order chi connectivity index (χ0) is 17.1. The van der Waals surface area contributed by atoms with Gasteiger partial charge in [-0.2, -0.15) is 0 Å². The maximum Gasteiger partial charge on any atom is 0.410 e. The molecule has 1 rings (SSSR count). The van der Waals surface area contributed by atoms with Crippen LogP contribution in [0.25, 0.3) is 0 Å². The summed E-state index contributed by atoms with van der Waals surface area (Å²) < 4.78 is 5.51. The molecule has 4 nitrogen and oxygen atoms in total. The van der Waals surface area contributed by atoms with E-state index in [9.17, 15) is 4.79 Å². The monoisotopic (exact) mass is 321 g/mol. The van der Waals surface area contributed by atoms with Crippen LogP contribution in [0.1, 0.15) is 52.0 Å². The third kappa shape index (κ3) is 9.24. The second-order valence-electron chi connectivity index (χ2n) is 6.84. The fourth-order valence-corrected chi connectivity index (χ4v) is 2.30. The van der Waals surface area contributed by atoms with E-state index in [0.29, 0.717) is 13.1 Å². The van der Waals surface area contributed by atoms with Gasteiger partial charge in [0.15, 0.2) is 0 Å². The quantitative estimate of drug-likeness (QED) is 0.699. The lowest BCUT2D eigenvalue weighted by Gasteiger charge is -2.27. The number of carbonyl (C=O) groups excluding carboxylic acids is 1. The molecule has 0 saturated carbocycles. The average molecular weight is 321 g/mol. The Kier molecular flexibility index (Phi) is 8.70. The predicted octanol–water partition coefficient (Wildman–Crippen LogP) is 4.02. The molecule has 0 aliphatic heterocycles. The van der Waals surface area contributed by atoms with Gasteiger partial charge in [-0.25, -0.2) is 4.79 Å². The van der Waals surface area contributed by atoms with E-state index in [2.05, 4.69) is 12.1 Å². The third-order valence-corrected chi connectivity index (χ3v) is 3.50. The number of amides is 1. The number of nitrogens with zero attached hydrogens (tertiary/aromatic N) is 1. The van der Waals surface area contributed by atoms with Gasteiger partial charge in [0.2, 0.25) is 0 Å². The topological polar surface area (TPSA) is 49.8 Å². The average Bonchev–Trinajstić information content (AvgIpc) is 2.49. The van der Waals surface area contributed by atoms with E-state index in [1.807, 2.05) is 39.0 Å². The van der Waals surface area contributed by atoms with Crippen LogP contribution in [0.4, 0.5) is 4.79 Å². The van der Waals surface area contributed by atoms with Crippen LogP contribution in [0.2, 0.25) is 0 Å². The number of benzene rings is 1. The predicted molar refractivity (Wildman–Crippen MR) is 93.5 cm³/mol. The van der Waals surface area contributed by atoms with Gasteiger partial charge in [-0.1, -0.05) is 43.2 Å². The van der Waals surface area contributed by atoms with Crippen LogP contribution in [0.5, 0.6) is 0 Å². The Balaban J connectivity index is 2.51. The number of unbranched alkanes of at least 4 members (excludes halogenated alkanes) is 3. The van der Waals surface area contributed by atoms with E-state index in [0.717, 1.165) is 32.1 Å². The van der Waals surface area contributed by atoms with Crippen LogP contribution < -0.4 is 0 Å². The summed E-state index contributed by atoms with van der Waals surface area (Å²) in [5.41, 5.74) is 0.750. The summed E-state index contributed by atoms with van der Waals surface area (Å²) in [6.07, 6.45) is 4.37. The summed E-state index contributed by atoms with van der Waals surface area (Å²) in [6.45, 7) is 7.28. The Morgan fingerprint density at radius 1 is 1.04 bits per heavy atom. The highest BCUT2D eigenvalue weighted by Crippen LogP contribution is 2.12. The normalized spacial score (nSPS) is 11.3. The van der Waals surface area contributed by atoms with Crippen molar-refractivity contribution in [3.63, 3.8) is 0 Å². The zero-order valence-electron chi connectivity index (χ0n) is 14.8. The second kappa shape index (κ2) is 10.3. The minimum Gasteiger partial charge on any atom is -0.444 e. The Morgan fingerprint density at radius 3 is 2.30 bits per heavy atom. The number of aliphatic hydroxyl groups is 1. The molecule has 1 aromatic rings. The molecule has 0 atom stereocenters. The van der Waals surface area contributed by atoms with Gasteiger partial charge in [-0.15, -0.1) is 0 Å². The molecule has 0 unspecified atom stereocenters. The first-order valence-electron chi connectivity index (χ1n) is 8.55. The Labute approximate surface area is 140 Å². The van der Waals surface area contributed by atoms with Gasteiger partial charge >= 0.3 is 6.09 Å². The number of ether oxygens (including phenoxy) is 1. The van der Waals surface area contributed by atoms with Gasteiger partial charge in [-0.3, -0.25) is 0 Å². The van der Waals surface area contributed by atoms with Gasteiger partial charge in [0.25, 0.3) is 0 Å². The van der Waals surface area contributed by atoms with Crippen LogP contribution in [0, 0.1) is 0 Å². The van der Waals surface area contributed by atoms with Crippen LogP contribution in [-0.2, 0) is 11.2 Å². The molecule has 0 spiro atoms. The highest BCUT2D eigenvalue weighted by Gasteiger charge is 2.21. The van der Waals surface area contributed by atoms with E-state index < -0.39 is 5.60 Å². The smallest absolute Gasteiger partial charge is 0.410 e. The summed E-state index contributed by atoms with van der Waals surface area (Å²) in [6, 6.07) is 10.2. The molecule has 0 aromatic heterocycles. The minimum atomic E-state index is -0.473. The Bertz CT molecular complexity index is 440. The first-order valence-corrected chi connectivity index (χ1v) is 8.55. The summed E-state index contributed by atoms with van der Waals surface area (Å²) in [5, 5.41) is 8.82. The molecule has 0 aliphatic rings. The number of hydrogen-bond donors (Lipinski definition) is 1. The first-order chi connectivity index (χ1) is 10.9. The van der Waals surface area contributed by atoms with E-state index in [1.54, 1.807) is 4.90 Å². The fraction of sp³-hybridized carbons (Fsp3) is 0.632. The summed E-state index contributed by atoms with van der Waals surface area (Å²) >= 11 is 0. The molecule has 4 heteroatoms. The van der Waals surface area contributed by atoms with Crippen molar-refractivity contribution in [2.45, 2.75) is 58.5 Å². The van der Waals surface area contributed by atoms with E-state index in [4.69, 9.17) is 9.84 Å². The SMILES string of the molecule is CC(C)(C)OC(=O)N(CCCCCCO)CCc1ccccc1. The van der Waals surface area contributed by atoms with Gasteiger partial charge in [0, 0.05) is 19.7 Å². The van der Waals surface area contributed by atoms with Gasteiger partial charge in [0.05, 0.1) is 0 Å². The highest BCUT2D eigenvalue weighted by atomic mass is 16.6. The van der Waals surface area contributed by atoms with Crippen molar-refractivity contribution in [3.05, 3.63) is 35.9 Å². The molecule has 0 heterocycles. The van der Waals surface area contributed by atoms with Crippen LogP contribution >= 0.6 is 0 Å². The number of rotatable bonds is 9. The molecule has 0 fully saturated rings. The Morgan fingerprint density at radius 2 is 1.70 bits per heavy atom. The van der Waals surface area contributed by atoms with Crippen LogP contribution in [-0.4, -0.2) is 41.4 Å². The largest absolute Gasteiger partial charge is 0.444 e. The maximum absolute atomic E-state index is 12.4. The summed E-state index contributed by atoms with van der Waals surface area (Å²) in [4.78, 5) is 14.2. The van der Waals surface area contributed by atoms with Crippen molar-refractivity contribution >= 4 is 6.09 Å². The molecule has 0 saturated heterocycles. The summed E-state index contributed by atoms with van der Waals surface area (Å²) in [5.74, 6) is 0. The Hall–Kier alpha value is -1.55. The first kappa shape index (κ1) is 19.5. The van der Waals surface area contributed by atoms with Crippen molar-refractivity contribution in [2.24, 2.45) is 0 Å². The molecular formula is C19H31NO3. The standard InChI is InChI=1S/C19H31NO3/c1-19(2,3)23-18(22)20(14-9-4-5-10-16-21)15-13-17-11-7-6-8-12-17/h6-8,11-12,21H,4-5,9-10,13-16H2,1-3H3. The highest BCUT2D eigenvalue weighted by molar-refractivity contribution is 5.68. The number of carbonyl (C=O) groups is 1. The molecule has 1 amide bonds. The lowest BCUT2D eigenvalue weighted by Crippen LogP contribution is -2.38. The lowest BCUT2D eigenvalue weighted by molar-refractivity contribution is 0.0248. The lowest BCUT2D eigenvalue weighted by atomic mass is 10.1. The fourth-order valence-electron chi connectivity index (χ4n) is 2.30. The molecule has 1 aromatic carbocycles. The maximum atomic E-state index is 12.4. The van der Waals surface area contributed by atoms with Crippen molar-refractivity contribution < 1.29 is 14.6 Å². The van der Waals surface area contributed by atoms with Crippen molar-refractivity contribution in [3.8, 4) is 0 Å². The van der Waals surface area contributed by atoms with E-state index >= 15 is 0 Å². The zero-order valence-corrected chi connectivity index (χ0v) is 14.8. The molecule has 0 aliphatic carbocycles.